The molecule has 25 heavy (non-hydrogen) atoms. The fourth-order valence-corrected chi connectivity index (χ4v) is 4.89. The molecule has 0 aliphatic carbocycles. The van der Waals surface area contributed by atoms with Crippen LogP contribution in [-0.4, -0.2) is 42.0 Å². The molecule has 0 N–H and O–H groups in total. The van der Waals surface area contributed by atoms with E-state index in [-0.39, 0.29) is 5.91 Å². The lowest BCUT2D eigenvalue weighted by atomic mass is 10.00. The highest BCUT2D eigenvalue weighted by Crippen LogP contribution is 2.32. The molecule has 5 heteroatoms. The zero-order chi connectivity index (χ0) is 17.2. The average Bonchev–Trinajstić information content (AvgIpc) is 2.86. The second-order valence-corrected chi connectivity index (χ2v) is 8.56. The van der Waals surface area contributed by atoms with E-state index < -0.39 is 0 Å². The molecule has 0 radical (unpaired) electrons. The van der Waals surface area contributed by atoms with Crippen LogP contribution in [0.2, 0.25) is 0 Å². The Labute approximate surface area is 153 Å². The third-order valence-corrected chi connectivity index (χ3v) is 6.65. The lowest BCUT2D eigenvalue weighted by molar-refractivity contribution is 0.0762. The highest BCUT2D eigenvalue weighted by atomic mass is 32.1. The summed E-state index contributed by atoms with van der Waals surface area (Å²) in [4.78, 5) is 22.1. The van der Waals surface area contributed by atoms with Crippen molar-refractivity contribution in [3.8, 4) is 0 Å². The molecule has 4 nitrogen and oxygen atoms in total. The van der Waals surface area contributed by atoms with Crippen LogP contribution < -0.4 is 4.90 Å². The lowest BCUT2D eigenvalue weighted by Gasteiger charge is -2.29. The van der Waals surface area contributed by atoms with Gasteiger partial charge in [-0.1, -0.05) is 31.1 Å². The van der Waals surface area contributed by atoms with E-state index in [1.807, 2.05) is 17.0 Å². The summed E-state index contributed by atoms with van der Waals surface area (Å²) in [5.74, 6) is 1.01. The first kappa shape index (κ1) is 16.8. The molecule has 0 unspecified atom stereocenters. The number of rotatable bonds is 2. The normalized spacial score (nSPS) is 20.0. The van der Waals surface area contributed by atoms with Crippen LogP contribution in [-0.2, 0) is 0 Å². The maximum absolute atomic E-state index is 12.8. The molecular weight excluding hydrogens is 330 g/mol. The molecule has 0 bridgehead atoms. The predicted octanol–water partition coefficient (Wildman–Crippen LogP) is 4.55. The van der Waals surface area contributed by atoms with Gasteiger partial charge >= 0.3 is 0 Å². The van der Waals surface area contributed by atoms with Gasteiger partial charge in [0.15, 0.2) is 5.13 Å². The molecule has 134 valence electrons. The summed E-state index contributed by atoms with van der Waals surface area (Å²) in [5, 5.41) is 1.11. The van der Waals surface area contributed by atoms with Gasteiger partial charge in [0, 0.05) is 31.7 Å². The maximum atomic E-state index is 12.8. The molecule has 4 rings (SSSR count). The van der Waals surface area contributed by atoms with Gasteiger partial charge in [-0.3, -0.25) is 4.79 Å². The molecule has 3 heterocycles. The Balaban J connectivity index is 1.54. The van der Waals surface area contributed by atoms with E-state index in [4.69, 9.17) is 4.98 Å². The second-order valence-electron chi connectivity index (χ2n) is 7.55. The fraction of sp³-hybridized carbons (Fsp3) is 0.600. The van der Waals surface area contributed by atoms with Crippen LogP contribution in [0.4, 0.5) is 5.13 Å². The van der Waals surface area contributed by atoms with Crippen molar-refractivity contribution in [2.45, 2.75) is 45.4 Å². The van der Waals surface area contributed by atoms with Gasteiger partial charge in [0.05, 0.1) is 10.2 Å². The predicted molar refractivity (Wildman–Crippen MR) is 105 cm³/mol. The van der Waals surface area contributed by atoms with Gasteiger partial charge in [0.25, 0.3) is 5.91 Å². The Morgan fingerprint density at radius 2 is 1.80 bits per heavy atom. The van der Waals surface area contributed by atoms with Crippen molar-refractivity contribution in [1.82, 2.24) is 9.88 Å². The zero-order valence-electron chi connectivity index (χ0n) is 15.0. The molecule has 1 aromatic heterocycles. The smallest absolute Gasteiger partial charge is 0.253 e. The first-order valence-electron chi connectivity index (χ1n) is 9.65. The van der Waals surface area contributed by atoms with Crippen LogP contribution in [0.5, 0.6) is 0 Å². The van der Waals surface area contributed by atoms with Crippen molar-refractivity contribution < 1.29 is 4.79 Å². The number of nitrogens with zero attached hydrogens (tertiary/aromatic N) is 3. The van der Waals surface area contributed by atoms with E-state index in [2.05, 4.69) is 17.9 Å². The molecule has 2 aliphatic heterocycles. The van der Waals surface area contributed by atoms with E-state index in [0.29, 0.717) is 0 Å². The van der Waals surface area contributed by atoms with Gasteiger partial charge < -0.3 is 9.80 Å². The van der Waals surface area contributed by atoms with E-state index in [9.17, 15) is 4.79 Å². The van der Waals surface area contributed by atoms with Crippen molar-refractivity contribution in [1.29, 1.82) is 0 Å². The molecule has 1 aromatic carbocycles. The molecule has 2 aromatic rings. The number of carbonyl (C=O) groups excluding carboxylic acids is 1. The molecule has 2 fully saturated rings. The number of anilines is 1. The van der Waals surface area contributed by atoms with Gasteiger partial charge in [-0.2, -0.15) is 0 Å². The standard InChI is InChI=1S/C20H27N3OS/c1-15-8-12-23(13-9-15)20-21-17-7-6-16(14-18(17)25-20)19(24)22-10-4-2-3-5-11-22/h6-7,14-15H,2-5,8-13H2,1H3. The van der Waals surface area contributed by atoms with Crippen molar-refractivity contribution in [2.75, 3.05) is 31.1 Å². The van der Waals surface area contributed by atoms with Crippen LogP contribution in [0, 0.1) is 5.92 Å². The Morgan fingerprint density at radius 1 is 1.08 bits per heavy atom. The number of carbonyl (C=O) groups is 1. The molecule has 1 amide bonds. The van der Waals surface area contributed by atoms with E-state index in [1.165, 1.54) is 25.7 Å². The summed E-state index contributed by atoms with van der Waals surface area (Å²) < 4.78 is 1.13. The number of hydrogen-bond acceptors (Lipinski definition) is 4. The van der Waals surface area contributed by atoms with E-state index >= 15 is 0 Å². The molecule has 0 spiro atoms. The van der Waals surface area contributed by atoms with Crippen molar-refractivity contribution in [3.05, 3.63) is 23.8 Å². The minimum absolute atomic E-state index is 0.186. The van der Waals surface area contributed by atoms with Crippen molar-refractivity contribution >= 4 is 32.6 Å². The number of benzene rings is 1. The monoisotopic (exact) mass is 357 g/mol. The minimum atomic E-state index is 0.186. The molecule has 0 atom stereocenters. The SMILES string of the molecule is CC1CCN(c2nc3ccc(C(=O)N4CCCCCC4)cc3s2)CC1. The van der Waals surface area contributed by atoms with Crippen LogP contribution >= 0.6 is 11.3 Å². The van der Waals surface area contributed by atoms with Gasteiger partial charge in [-0.05, 0) is 49.8 Å². The Bertz CT molecular complexity index is 740. The molecular formula is C20H27N3OS. The zero-order valence-corrected chi connectivity index (χ0v) is 15.9. The van der Waals surface area contributed by atoms with E-state index in [0.717, 1.165) is 65.9 Å². The van der Waals surface area contributed by atoms with Crippen LogP contribution in [0.3, 0.4) is 0 Å². The number of likely N-dealkylation sites (tertiary alicyclic amines) is 1. The lowest BCUT2D eigenvalue weighted by Crippen LogP contribution is -2.32. The molecule has 2 saturated heterocycles. The third-order valence-electron chi connectivity index (χ3n) is 5.57. The van der Waals surface area contributed by atoms with Crippen molar-refractivity contribution in [3.63, 3.8) is 0 Å². The first-order valence-corrected chi connectivity index (χ1v) is 10.5. The summed E-state index contributed by atoms with van der Waals surface area (Å²) in [6, 6.07) is 6.03. The molecule has 0 saturated carbocycles. The van der Waals surface area contributed by atoms with Crippen LogP contribution in [0.1, 0.15) is 55.8 Å². The Kier molecular flexibility index (Phi) is 4.93. The van der Waals surface area contributed by atoms with Gasteiger partial charge in [0.2, 0.25) is 0 Å². The summed E-state index contributed by atoms with van der Waals surface area (Å²) in [6.07, 6.45) is 7.24. The highest BCUT2D eigenvalue weighted by molar-refractivity contribution is 7.22. The Morgan fingerprint density at radius 3 is 2.52 bits per heavy atom. The summed E-state index contributed by atoms with van der Waals surface area (Å²) >= 11 is 1.73. The van der Waals surface area contributed by atoms with Gasteiger partial charge in [0.1, 0.15) is 0 Å². The number of amides is 1. The summed E-state index contributed by atoms with van der Waals surface area (Å²) in [5.41, 5.74) is 1.84. The number of thiazole rings is 1. The van der Waals surface area contributed by atoms with Gasteiger partial charge in [-0.25, -0.2) is 4.98 Å². The molecule has 2 aliphatic rings. The van der Waals surface area contributed by atoms with Gasteiger partial charge in [-0.15, -0.1) is 0 Å². The third kappa shape index (κ3) is 3.66. The summed E-state index contributed by atoms with van der Waals surface area (Å²) in [7, 11) is 0. The highest BCUT2D eigenvalue weighted by Gasteiger charge is 2.21. The van der Waals surface area contributed by atoms with Crippen LogP contribution in [0.25, 0.3) is 10.2 Å². The largest absolute Gasteiger partial charge is 0.348 e. The minimum Gasteiger partial charge on any atom is -0.348 e. The first-order chi connectivity index (χ1) is 12.2. The average molecular weight is 358 g/mol. The quantitative estimate of drug-likeness (QED) is 0.791. The van der Waals surface area contributed by atoms with Crippen LogP contribution in [0.15, 0.2) is 18.2 Å². The second kappa shape index (κ2) is 7.32. The number of fused-ring (bicyclic) bond motifs is 1. The maximum Gasteiger partial charge on any atom is 0.253 e. The summed E-state index contributed by atoms with van der Waals surface area (Å²) in [6.45, 7) is 6.32. The number of hydrogen-bond donors (Lipinski definition) is 0. The van der Waals surface area contributed by atoms with E-state index in [1.54, 1.807) is 11.3 Å². The number of aromatic nitrogens is 1. The number of piperidine rings is 1. The topological polar surface area (TPSA) is 36.4 Å². The Hall–Kier alpha value is -1.62. The fourth-order valence-electron chi connectivity index (χ4n) is 3.84. The van der Waals surface area contributed by atoms with Crippen molar-refractivity contribution in [2.24, 2.45) is 5.92 Å².